The van der Waals surface area contributed by atoms with Crippen LogP contribution >= 0.6 is 11.3 Å². The Bertz CT molecular complexity index is 712. The molecule has 0 aliphatic carbocycles. The van der Waals surface area contributed by atoms with E-state index in [1.165, 1.54) is 20.5 Å². The maximum atomic E-state index is 5.42. The molecule has 0 fully saturated rings. The molecule has 2 nitrogen and oxygen atoms in total. The van der Waals surface area contributed by atoms with Gasteiger partial charge in [0.15, 0.2) is 11.5 Å². The smallest absolute Gasteiger partial charge is 0.231 e. The Kier molecular flexibility index (Phi) is 2.45. The summed E-state index contributed by atoms with van der Waals surface area (Å²) < 4.78 is 12.1. The Morgan fingerprint density at radius 1 is 0.947 bits per heavy atom. The molecule has 2 heterocycles. The third kappa shape index (κ3) is 1.96. The second-order valence-corrected chi connectivity index (χ2v) is 5.78. The fourth-order valence-corrected chi connectivity index (χ4v) is 3.47. The first-order valence-corrected chi connectivity index (χ1v) is 7.06. The standard InChI is InChI=1S/C16H12O2S/c1-2-4-16-12(3-1)9-13(19-16)7-11-5-6-14-15(8-11)18-10-17-14/h1-6,8-9H,7,10H2. The molecule has 3 heteroatoms. The third-order valence-electron chi connectivity index (χ3n) is 3.29. The van der Waals surface area contributed by atoms with Gasteiger partial charge in [-0.25, -0.2) is 0 Å². The van der Waals surface area contributed by atoms with Gasteiger partial charge in [-0.2, -0.15) is 0 Å². The minimum Gasteiger partial charge on any atom is -0.454 e. The van der Waals surface area contributed by atoms with Gasteiger partial charge in [0, 0.05) is 16.0 Å². The molecular weight excluding hydrogens is 256 g/mol. The van der Waals surface area contributed by atoms with Crippen LogP contribution in [-0.4, -0.2) is 6.79 Å². The molecule has 0 saturated carbocycles. The van der Waals surface area contributed by atoms with Gasteiger partial charge >= 0.3 is 0 Å². The zero-order valence-electron chi connectivity index (χ0n) is 10.3. The predicted octanol–water partition coefficient (Wildman–Crippen LogP) is 4.22. The molecule has 3 aromatic rings. The first-order chi connectivity index (χ1) is 9.38. The summed E-state index contributed by atoms with van der Waals surface area (Å²) >= 11 is 1.85. The highest BCUT2D eigenvalue weighted by molar-refractivity contribution is 7.19. The van der Waals surface area contributed by atoms with Gasteiger partial charge in [0.05, 0.1) is 0 Å². The van der Waals surface area contributed by atoms with Crippen LogP contribution in [0.15, 0.2) is 48.5 Å². The number of ether oxygens (including phenoxy) is 2. The molecule has 0 spiro atoms. The molecule has 94 valence electrons. The Morgan fingerprint density at radius 3 is 2.79 bits per heavy atom. The van der Waals surface area contributed by atoms with E-state index in [4.69, 9.17) is 9.47 Å². The number of rotatable bonds is 2. The monoisotopic (exact) mass is 268 g/mol. The van der Waals surface area contributed by atoms with E-state index in [-0.39, 0.29) is 0 Å². The number of hydrogen-bond acceptors (Lipinski definition) is 3. The van der Waals surface area contributed by atoms with Gasteiger partial charge in [0.2, 0.25) is 6.79 Å². The molecule has 0 amide bonds. The van der Waals surface area contributed by atoms with E-state index < -0.39 is 0 Å². The van der Waals surface area contributed by atoms with Gasteiger partial charge in [-0.3, -0.25) is 0 Å². The lowest BCUT2D eigenvalue weighted by Crippen LogP contribution is -1.92. The van der Waals surface area contributed by atoms with Crippen LogP contribution < -0.4 is 9.47 Å². The van der Waals surface area contributed by atoms with E-state index in [2.05, 4.69) is 42.5 Å². The van der Waals surface area contributed by atoms with Crippen LogP contribution in [0.1, 0.15) is 10.4 Å². The number of fused-ring (bicyclic) bond motifs is 2. The summed E-state index contributed by atoms with van der Waals surface area (Å²) in [5.74, 6) is 1.71. The summed E-state index contributed by atoms with van der Waals surface area (Å²) in [4.78, 5) is 1.38. The van der Waals surface area contributed by atoms with Crippen LogP contribution in [0, 0.1) is 0 Å². The topological polar surface area (TPSA) is 18.5 Å². The minimum absolute atomic E-state index is 0.335. The maximum Gasteiger partial charge on any atom is 0.231 e. The molecule has 2 aromatic carbocycles. The summed E-state index contributed by atoms with van der Waals surface area (Å²) in [6.45, 7) is 0.335. The second kappa shape index (κ2) is 4.28. The number of benzene rings is 2. The van der Waals surface area contributed by atoms with Crippen molar-refractivity contribution < 1.29 is 9.47 Å². The molecule has 0 unspecified atom stereocenters. The summed E-state index contributed by atoms with van der Waals surface area (Å²) in [6, 6.07) is 16.9. The Morgan fingerprint density at radius 2 is 1.84 bits per heavy atom. The van der Waals surface area contributed by atoms with Crippen LogP contribution in [-0.2, 0) is 6.42 Å². The van der Waals surface area contributed by atoms with Crippen molar-refractivity contribution in [3.63, 3.8) is 0 Å². The first-order valence-electron chi connectivity index (χ1n) is 6.24. The van der Waals surface area contributed by atoms with Crippen molar-refractivity contribution in [2.75, 3.05) is 6.79 Å². The van der Waals surface area contributed by atoms with Gasteiger partial charge in [-0.15, -0.1) is 11.3 Å². The molecule has 1 aliphatic heterocycles. The normalized spacial score (nSPS) is 13.1. The summed E-state index contributed by atoms with van der Waals surface area (Å²) in [6.07, 6.45) is 0.940. The highest BCUT2D eigenvalue weighted by Crippen LogP contribution is 2.34. The molecule has 0 atom stereocenters. The van der Waals surface area contributed by atoms with Crippen LogP contribution in [0.3, 0.4) is 0 Å². The van der Waals surface area contributed by atoms with Crippen molar-refractivity contribution in [2.24, 2.45) is 0 Å². The number of thiophene rings is 1. The van der Waals surface area contributed by atoms with E-state index in [1.54, 1.807) is 0 Å². The fourth-order valence-electron chi connectivity index (χ4n) is 2.38. The van der Waals surface area contributed by atoms with Crippen molar-refractivity contribution >= 4 is 21.4 Å². The van der Waals surface area contributed by atoms with Crippen LogP contribution in [0.4, 0.5) is 0 Å². The summed E-state index contributed by atoms with van der Waals surface area (Å²) in [7, 11) is 0. The lowest BCUT2D eigenvalue weighted by Gasteiger charge is -2.01. The van der Waals surface area contributed by atoms with Gasteiger partial charge in [0.1, 0.15) is 0 Å². The average molecular weight is 268 g/mol. The Balaban J connectivity index is 1.67. The van der Waals surface area contributed by atoms with Gasteiger partial charge in [-0.1, -0.05) is 24.3 Å². The lowest BCUT2D eigenvalue weighted by atomic mass is 10.1. The van der Waals surface area contributed by atoms with Crippen molar-refractivity contribution in [1.29, 1.82) is 0 Å². The third-order valence-corrected chi connectivity index (χ3v) is 4.41. The van der Waals surface area contributed by atoms with E-state index in [0.29, 0.717) is 6.79 Å². The van der Waals surface area contributed by atoms with Crippen LogP contribution in [0.5, 0.6) is 11.5 Å². The fraction of sp³-hybridized carbons (Fsp3) is 0.125. The molecule has 0 N–H and O–H groups in total. The Labute approximate surface area is 115 Å². The second-order valence-electron chi connectivity index (χ2n) is 4.61. The highest BCUT2D eigenvalue weighted by Gasteiger charge is 2.13. The molecule has 19 heavy (non-hydrogen) atoms. The zero-order chi connectivity index (χ0) is 12.7. The van der Waals surface area contributed by atoms with Crippen molar-refractivity contribution in [3.05, 3.63) is 59.0 Å². The highest BCUT2D eigenvalue weighted by atomic mass is 32.1. The molecule has 4 rings (SSSR count). The molecule has 0 saturated heterocycles. The van der Waals surface area contributed by atoms with Gasteiger partial charge in [-0.05, 0) is 35.2 Å². The van der Waals surface area contributed by atoms with E-state index in [0.717, 1.165) is 17.9 Å². The zero-order valence-corrected chi connectivity index (χ0v) is 11.1. The van der Waals surface area contributed by atoms with E-state index in [9.17, 15) is 0 Å². The van der Waals surface area contributed by atoms with E-state index in [1.807, 2.05) is 17.4 Å². The summed E-state index contributed by atoms with van der Waals surface area (Å²) in [5.41, 5.74) is 1.26. The van der Waals surface area contributed by atoms with Crippen molar-refractivity contribution in [1.82, 2.24) is 0 Å². The largest absolute Gasteiger partial charge is 0.454 e. The Hall–Kier alpha value is -2.00. The molecule has 0 bridgehead atoms. The molecule has 1 aromatic heterocycles. The van der Waals surface area contributed by atoms with Gasteiger partial charge < -0.3 is 9.47 Å². The lowest BCUT2D eigenvalue weighted by molar-refractivity contribution is 0.174. The SMILES string of the molecule is c1ccc2sc(Cc3ccc4c(c3)OCO4)cc2c1. The quantitative estimate of drug-likeness (QED) is 0.692. The van der Waals surface area contributed by atoms with Crippen LogP contribution in [0.2, 0.25) is 0 Å². The van der Waals surface area contributed by atoms with Gasteiger partial charge in [0.25, 0.3) is 0 Å². The average Bonchev–Trinajstić information content (AvgIpc) is 3.03. The molecule has 0 radical (unpaired) electrons. The van der Waals surface area contributed by atoms with E-state index >= 15 is 0 Å². The predicted molar refractivity (Wildman–Crippen MR) is 77.2 cm³/mol. The summed E-state index contributed by atoms with van der Waals surface area (Å²) in [5, 5.41) is 1.32. The molecule has 1 aliphatic rings. The minimum atomic E-state index is 0.335. The van der Waals surface area contributed by atoms with Crippen molar-refractivity contribution in [3.8, 4) is 11.5 Å². The van der Waals surface area contributed by atoms with Crippen molar-refractivity contribution in [2.45, 2.75) is 6.42 Å². The number of hydrogen-bond donors (Lipinski definition) is 0. The van der Waals surface area contributed by atoms with Crippen LogP contribution in [0.25, 0.3) is 10.1 Å². The molecular formula is C16H12O2S. The first kappa shape index (κ1) is 10.9. The maximum absolute atomic E-state index is 5.42.